The van der Waals surface area contributed by atoms with Crippen LogP contribution in [0, 0.1) is 0 Å². The van der Waals surface area contributed by atoms with Crippen LogP contribution in [0.5, 0.6) is 0 Å². The number of carbonyl (C=O) groups excluding carboxylic acids is 3. The lowest BCUT2D eigenvalue weighted by atomic mass is 9.99. The maximum atomic E-state index is 13.6. The van der Waals surface area contributed by atoms with Gasteiger partial charge in [0.05, 0.1) is 6.20 Å². The minimum absolute atomic E-state index is 0.0791. The molecule has 2 atom stereocenters. The van der Waals surface area contributed by atoms with Crippen LogP contribution in [0.15, 0.2) is 110 Å². The number of amides is 3. The van der Waals surface area contributed by atoms with E-state index < -0.39 is 11.9 Å². The molecule has 1 aromatic heterocycles. The second-order valence-electron chi connectivity index (χ2n) is 9.84. The van der Waals surface area contributed by atoms with E-state index in [0.717, 1.165) is 23.1 Å². The van der Waals surface area contributed by atoms with Crippen LogP contribution in [0.4, 0.5) is 0 Å². The largest absolute Gasteiger partial charge is 0.352 e. The number of rotatable bonds is 14. The summed E-state index contributed by atoms with van der Waals surface area (Å²) in [5.41, 5.74) is 3.22. The average molecular weight is 550 g/mol. The van der Waals surface area contributed by atoms with Gasteiger partial charge in [0, 0.05) is 37.8 Å². The lowest BCUT2D eigenvalue weighted by Crippen LogP contribution is -2.51. The van der Waals surface area contributed by atoms with E-state index in [-0.39, 0.29) is 30.0 Å². The van der Waals surface area contributed by atoms with Gasteiger partial charge in [-0.3, -0.25) is 19.4 Å². The van der Waals surface area contributed by atoms with E-state index in [0.29, 0.717) is 25.8 Å². The van der Waals surface area contributed by atoms with Crippen molar-refractivity contribution in [3.05, 3.63) is 132 Å². The zero-order chi connectivity index (χ0) is 28.7. The highest BCUT2D eigenvalue weighted by atomic mass is 16.2. The Kier molecular flexibility index (Phi) is 11.1. The lowest BCUT2D eigenvalue weighted by Gasteiger charge is -2.24. The second-order valence-corrected chi connectivity index (χ2v) is 9.84. The smallest absolute Gasteiger partial charge is 0.272 e. The fourth-order valence-corrected chi connectivity index (χ4v) is 4.47. The minimum atomic E-state index is -0.835. The summed E-state index contributed by atoms with van der Waals surface area (Å²) in [5.74, 6) is -0.867. The highest BCUT2D eigenvalue weighted by molar-refractivity contribution is 5.96. The maximum Gasteiger partial charge on any atom is 0.272 e. The molecular weight excluding hydrogens is 514 g/mol. The molecule has 0 aliphatic rings. The van der Waals surface area contributed by atoms with Crippen molar-refractivity contribution in [1.29, 1.82) is 0 Å². The quantitative estimate of drug-likeness (QED) is 0.220. The molecule has 4 aromatic rings. The van der Waals surface area contributed by atoms with E-state index in [1.54, 1.807) is 0 Å². The van der Waals surface area contributed by atoms with Crippen molar-refractivity contribution in [3.63, 3.8) is 0 Å². The Bertz CT molecular complexity index is 1370. The summed E-state index contributed by atoms with van der Waals surface area (Å²) in [5, 5.41) is 8.91. The molecule has 8 nitrogen and oxygen atoms in total. The molecule has 8 heteroatoms. The van der Waals surface area contributed by atoms with Crippen LogP contribution in [0.1, 0.15) is 46.4 Å². The first-order chi connectivity index (χ1) is 20.1. The van der Waals surface area contributed by atoms with Gasteiger partial charge >= 0.3 is 0 Å². The van der Waals surface area contributed by atoms with Crippen LogP contribution in [0.2, 0.25) is 0 Å². The molecule has 3 N–H and O–H groups in total. The third kappa shape index (κ3) is 10.0. The van der Waals surface area contributed by atoms with Gasteiger partial charge in [-0.05, 0) is 36.0 Å². The Morgan fingerprint density at radius 2 is 1.34 bits per heavy atom. The number of aryl methyl sites for hydroxylation is 1. The Balaban J connectivity index is 1.43. The Morgan fingerprint density at radius 1 is 0.707 bits per heavy atom. The summed E-state index contributed by atoms with van der Waals surface area (Å²) in [4.78, 5) is 47.2. The van der Waals surface area contributed by atoms with Crippen molar-refractivity contribution in [2.45, 2.75) is 50.7 Å². The number of aromatic nitrogens is 2. The number of benzene rings is 3. The third-order valence-electron chi connectivity index (χ3n) is 6.72. The van der Waals surface area contributed by atoms with Gasteiger partial charge in [-0.1, -0.05) is 91.0 Å². The Morgan fingerprint density at radius 3 is 1.98 bits per heavy atom. The van der Waals surface area contributed by atoms with Crippen LogP contribution in [0.3, 0.4) is 0 Å². The summed E-state index contributed by atoms with van der Waals surface area (Å²) in [6.07, 6.45) is 6.72. The fourth-order valence-electron chi connectivity index (χ4n) is 4.47. The molecule has 0 spiro atoms. The topological polar surface area (TPSA) is 113 Å². The molecule has 0 radical (unpaired) electrons. The molecule has 0 saturated carbocycles. The van der Waals surface area contributed by atoms with Crippen molar-refractivity contribution >= 4 is 17.7 Å². The van der Waals surface area contributed by atoms with E-state index in [9.17, 15) is 14.4 Å². The average Bonchev–Trinajstić information content (AvgIpc) is 3.02. The van der Waals surface area contributed by atoms with Crippen LogP contribution in [0.25, 0.3) is 0 Å². The summed E-state index contributed by atoms with van der Waals surface area (Å²) in [6, 6.07) is 28.2. The second kappa shape index (κ2) is 15.7. The van der Waals surface area contributed by atoms with Crippen molar-refractivity contribution < 1.29 is 14.4 Å². The highest BCUT2D eigenvalue weighted by Gasteiger charge is 2.25. The molecule has 0 saturated heterocycles. The van der Waals surface area contributed by atoms with Gasteiger partial charge in [-0.15, -0.1) is 0 Å². The van der Waals surface area contributed by atoms with Crippen LogP contribution < -0.4 is 16.0 Å². The highest BCUT2D eigenvalue weighted by Crippen LogP contribution is 2.12. The fraction of sp³-hybridized carbons (Fsp3) is 0.242. The van der Waals surface area contributed by atoms with E-state index in [1.165, 1.54) is 18.6 Å². The first kappa shape index (κ1) is 29.1. The molecule has 0 unspecified atom stereocenters. The maximum absolute atomic E-state index is 13.6. The lowest BCUT2D eigenvalue weighted by molar-refractivity contribution is -0.125. The van der Waals surface area contributed by atoms with Crippen LogP contribution >= 0.6 is 0 Å². The third-order valence-corrected chi connectivity index (χ3v) is 6.72. The molecular formula is C33H35N5O3. The Labute approximate surface area is 240 Å². The van der Waals surface area contributed by atoms with Crippen molar-refractivity contribution in [2.75, 3.05) is 0 Å². The molecule has 3 amide bonds. The van der Waals surface area contributed by atoms with Gasteiger partial charge < -0.3 is 16.0 Å². The number of nitrogens with one attached hydrogen (secondary N) is 3. The molecule has 41 heavy (non-hydrogen) atoms. The number of carbonyl (C=O) groups is 3. The molecule has 1 heterocycles. The van der Waals surface area contributed by atoms with Crippen molar-refractivity contribution in [2.24, 2.45) is 0 Å². The summed E-state index contributed by atoms with van der Waals surface area (Å²) >= 11 is 0. The molecule has 0 fully saturated rings. The summed E-state index contributed by atoms with van der Waals surface area (Å²) < 4.78 is 0. The zero-order valence-corrected chi connectivity index (χ0v) is 22.9. The van der Waals surface area contributed by atoms with Gasteiger partial charge in [0.15, 0.2) is 0 Å². The van der Waals surface area contributed by atoms with Crippen LogP contribution in [-0.4, -0.2) is 39.8 Å². The van der Waals surface area contributed by atoms with E-state index >= 15 is 0 Å². The van der Waals surface area contributed by atoms with Gasteiger partial charge in [0.1, 0.15) is 11.7 Å². The molecule has 0 aliphatic heterocycles. The number of hydrogen-bond acceptors (Lipinski definition) is 5. The van der Waals surface area contributed by atoms with Crippen molar-refractivity contribution in [1.82, 2.24) is 25.9 Å². The van der Waals surface area contributed by atoms with Crippen LogP contribution in [-0.2, 0) is 29.0 Å². The first-order valence-electron chi connectivity index (χ1n) is 13.8. The standard InChI is InChI=1S/C33H35N5O3/c39-31(36-23-27-14-8-3-9-15-27)19-18-28(17-16-25-10-4-1-5-11-25)37-32(40)29(22-26-12-6-2-7-13-26)38-33(41)30-24-34-20-21-35-30/h1-15,20-21,24,28-29H,16-19,22-23H2,(H,36,39)(H,37,40)(H,38,41)/t28-,29-/m0/s1. The number of hydrogen-bond donors (Lipinski definition) is 3. The van der Waals surface area contributed by atoms with E-state index in [1.807, 2.05) is 91.0 Å². The molecule has 210 valence electrons. The van der Waals surface area contributed by atoms with Crippen molar-refractivity contribution in [3.8, 4) is 0 Å². The van der Waals surface area contributed by atoms with Gasteiger partial charge in [0.25, 0.3) is 5.91 Å². The first-order valence-corrected chi connectivity index (χ1v) is 13.8. The normalized spacial score (nSPS) is 12.1. The summed E-state index contributed by atoms with van der Waals surface area (Å²) in [7, 11) is 0. The predicted octanol–water partition coefficient (Wildman–Crippen LogP) is 4.03. The van der Waals surface area contributed by atoms with E-state index in [2.05, 4.69) is 25.9 Å². The molecule has 0 bridgehead atoms. The SMILES string of the molecule is O=C(CC[C@H](CCc1ccccc1)NC(=O)[C@H](Cc1ccccc1)NC(=O)c1cnccn1)NCc1ccccc1. The van der Waals surface area contributed by atoms with Gasteiger partial charge in [-0.2, -0.15) is 0 Å². The monoisotopic (exact) mass is 549 g/mol. The zero-order valence-electron chi connectivity index (χ0n) is 22.9. The van der Waals surface area contributed by atoms with E-state index in [4.69, 9.17) is 0 Å². The van der Waals surface area contributed by atoms with Gasteiger partial charge in [-0.25, -0.2) is 4.98 Å². The summed E-state index contributed by atoms with van der Waals surface area (Å²) in [6.45, 7) is 0.453. The minimum Gasteiger partial charge on any atom is -0.352 e. The molecule has 4 rings (SSSR count). The Hall–Kier alpha value is -4.85. The molecule has 0 aliphatic carbocycles. The number of nitrogens with zero attached hydrogens (tertiary/aromatic N) is 2. The predicted molar refractivity (Wildman–Crippen MR) is 158 cm³/mol. The molecule has 3 aromatic carbocycles. The van der Waals surface area contributed by atoms with Gasteiger partial charge in [0.2, 0.25) is 11.8 Å².